The van der Waals surface area contributed by atoms with Gasteiger partial charge >= 0.3 is 11.8 Å². The Morgan fingerprint density at radius 2 is 1.73 bits per heavy atom. The molecule has 1 aromatic heterocycles. The topological polar surface area (TPSA) is 96.3 Å². The summed E-state index contributed by atoms with van der Waals surface area (Å²) < 4.78 is 0. The smallest absolute Gasteiger partial charge is 0.292 e. The van der Waals surface area contributed by atoms with Crippen LogP contribution in [0.4, 0.5) is 5.13 Å². The molecule has 1 heterocycles. The van der Waals surface area contributed by atoms with Gasteiger partial charge in [-0.2, -0.15) is 5.10 Å². The summed E-state index contributed by atoms with van der Waals surface area (Å²) >= 11 is 6.95. The molecule has 2 amide bonds. The molecule has 0 atom stereocenters. The van der Waals surface area contributed by atoms with Crippen molar-refractivity contribution in [1.29, 1.82) is 0 Å². The van der Waals surface area contributed by atoms with E-state index in [1.54, 1.807) is 24.3 Å². The lowest BCUT2D eigenvalue weighted by Gasteiger charge is -1.99. The molecule has 2 aromatic carbocycles. The van der Waals surface area contributed by atoms with E-state index in [-0.39, 0.29) is 5.13 Å². The maximum absolute atomic E-state index is 11.9. The summed E-state index contributed by atoms with van der Waals surface area (Å²) in [5.41, 5.74) is 3.75. The summed E-state index contributed by atoms with van der Waals surface area (Å²) in [6, 6.07) is 16.2. The van der Waals surface area contributed by atoms with E-state index >= 15 is 0 Å². The van der Waals surface area contributed by atoms with Crippen LogP contribution in [-0.2, 0) is 9.59 Å². The predicted octanol–water partition coefficient (Wildman–Crippen LogP) is 2.95. The molecule has 0 aliphatic carbocycles. The zero-order chi connectivity index (χ0) is 18.4. The summed E-state index contributed by atoms with van der Waals surface area (Å²) in [4.78, 5) is 23.6. The highest BCUT2D eigenvalue weighted by molar-refractivity contribution is 7.18. The quantitative estimate of drug-likeness (QED) is 0.410. The van der Waals surface area contributed by atoms with Crippen molar-refractivity contribution in [3.05, 3.63) is 65.2 Å². The normalized spacial score (nSPS) is 10.7. The number of anilines is 1. The second-order valence-corrected chi connectivity index (χ2v) is 6.40. The minimum atomic E-state index is -0.910. The third kappa shape index (κ3) is 4.71. The van der Waals surface area contributed by atoms with Crippen molar-refractivity contribution in [2.24, 2.45) is 5.10 Å². The van der Waals surface area contributed by atoms with E-state index in [4.69, 9.17) is 11.6 Å². The molecule has 0 aliphatic rings. The number of nitrogens with one attached hydrogen (secondary N) is 2. The van der Waals surface area contributed by atoms with Crippen molar-refractivity contribution >= 4 is 46.1 Å². The van der Waals surface area contributed by atoms with Crippen LogP contribution in [0, 0.1) is 0 Å². The molecular formula is C17H12ClN5O2S. The molecule has 0 bridgehead atoms. The Kier molecular flexibility index (Phi) is 5.67. The highest BCUT2D eigenvalue weighted by Gasteiger charge is 2.16. The van der Waals surface area contributed by atoms with Gasteiger partial charge in [0.1, 0.15) is 5.01 Å². The van der Waals surface area contributed by atoms with Gasteiger partial charge in [-0.15, -0.1) is 10.2 Å². The van der Waals surface area contributed by atoms with Crippen molar-refractivity contribution in [2.45, 2.75) is 0 Å². The third-order valence-corrected chi connectivity index (χ3v) is 4.26. The Bertz CT molecular complexity index is 941. The maximum atomic E-state index is 11.9. The maximum Gasteiger partial charge on any atom is 0.329 e. The summed E-state index contributed by atoms with van der Waals surface area (Å²) in [7, 11) is 0. The largest absolute Gasteiger partial charge is 0.329 e. The summed E-state index contributed by atoms with van der Waals surface area (Å²) in [5.74, 6) is -1.79. The molecule has 0 aliphatic heterocycles. The number of carbonyl (C=O) groups is 2. The minimum absolute atomic E-state index is 0.227. The molecule has 0 spiro atoms. The number of amides is 2. The SMILES string of the molecule is O=C(N/N=C\c1ccc(Cl)cc1)C(=O)Nc1nnc(-c2ccccc2)s1. The summed E-state index contributed by atoms with van der Waals surface area (Å²) in [5, 5.41) is 15.4. The second-order valence-electron chi connectivity index (χ2n) is 4.98. The lowest BCUT2D eigenvalue weighted by molar-refractivity contribution is -0.136. The van der Waals surface area contributed by atoms with Crippen LogP contribution in [0.25, 0.3) is 10.6 Å². The molecule has 7 nitrogen and oxygen atoms in total. The molecule has 9 heteroatoms. The Labute approximate surface area is 157 Å². The van der Waals surface area contributed by atoms with E-state index in [2.05, 4.69) is 26.0 Å². The number of hydrogen-bond donors (Lipinski definition) is 2. The van der Waals surface area contributed by atoms with Crippen molar-refractivity contribution in [2.75, 3.05) is 5.32 Å². The van der Waals surface area contributed by atoms with Gasteiger partial charge in [0.2, 0.25) is 5.13 Å². The predicted molar refractivity (Wildman–Crippen MR) is 101 cm³/mol. The van der Waals surface area contributed by atoms with Gasteiger partial charge in [0.25, 0.3) is 0 Å². The van der Waals surface area contributed by atoms with Crippen molar-refractivity contribution < 1.29 is 9.59 Å². The van der Waals surface area contributed by atoms with Crippen LogP contribution < -0.4 is 10.7 Å². The monoisotopic (exact) mass is 385 g/mol. The molecule has 3 rings (SSSR count). The van der Waals surface area contributed by atoms with E-state index in [1.165, 1.54) is 17.6 Å². The number of benzene rings is 2. The minimum Gasteiger partial charge on any atom is -0.292 e. The Hall–Kier alpha value is -3.10. The number of hydrazone groups is 1. The van der Waals surface area contributed by atoms with E-state index < -0.39 is 11.8 Å². The van der Waals surface area contributed by atoms with E-state index in [0.29, 0.717) is 10.0 Å². The third-order valence-electron chi connectivity index (χ3n) is 3.12. The lowest BCUT2D eigenvalue weighted by atomic mass is 10.2. The number of rotatable bonds is 4. The van der Waals surface area contributed by atoms with Crippen molar-refractivity contribution in [3.63, 3.8) is 0 Å². The van der Waals surface area contributed by atoms with Crippen LogP contribution in [0.15, 0.2) is 59.7 Å². The molecule has 0 fully saturated rings. The molecule has 0 unspecified atom stereocenters. The molecular weight excluding hydrogens is 374 g/mol. The first-order valence-corrected chi connectivity index (χ1v) is 8.60. The van der Waals surface area contributed by atoms with Crippen LogP contribution in [-0.4, -0.2) is 28.2 Å². The standard InChI is InChI=1S/C17H12ClN5O2S/c18-13-8-6-11(7-9-13)10-19-21-15(25)14(24)20-17-23-22-16(26-17)12-4-2-1-3-5-12/h1-10H,(H,21,25)(H,20,23,24)/b19-10-. The van der Waals surface area contributed by atoms with Gasteiger partial charge in [-0.25, -0.2) is 5.43 Å². The van der Waals surface area contributed by atoms with Crippen LogP contribution >= 0.6 is 22.9 Å². The highest BCUT2D eigenvalue weighted by Crippen LogP contribution is 2.25. The summed E-state index contributed by atoms with van der Waals surface area (Å²) in [6.07, 6.45) is 1.40. The van der Waals surface area contributed by atoms with E-state index in [1.807, 2.05) is 30.3 Å². The molecule has 0 saturated heterocycles. The average molecular weight is 386 g/mol. The number of carbonyl (C=O) groups excluding carboxylic acids is 2. The van der Waals surface area contributed by atoms with E-state index in [0.717, 1.165) is 11.1 Å². The molecule has 2 N–H and O–H groups in total. The van der Waals surface area contributed by atoms with Crippen molar-refractivity contribution in [3.8, 4) is 10.6 Å². The van der Waals surface area contributed by atoms with Gasteiger partial charge in [0.05, 0.1) is 6.21 Å². The first kappa shape index (κ1) is 17.7. The number of halogens is 1. The fraction of sp³-hybridized carbons (Fsp3) is 0. The molecule has 3 aromatic rings. The Morgan fingerprint density at radius 3 is 2.46 bits per heavy atom. The highest BCUT2D eigenvalue weighted by atomic mass is 35.5. The van der Waals surface area contributed by atoms with Gasteiger partial charge in [0.15, 0.2) is 0 Å². The van der Waals surface area contributed by atoms with Gasteiger partial charge in [-0.3, -0.25) is 14.9 Å². The van der Waals surface area contributed by atoms with Crippen LogP contribution in [0.3, 0.4) is 0 Å². The zero-order valence-corrected chi connectivity index (χ0v) is 14.8. The fourth-order valence-corrected chi connectivity index (χ4v) is 2.76. The van der Waals surface area contributed by atoms with Gasteiger partial charge in [-0.05, 0) is 17.7 Å². The molecule has 0 radical (unpaired) electrons. The average Bonchev–Trinajstić information content (AvgIpc) is 3.12. The summed E-state index contributed by atoms with van der Waals surface area (Å²) in [6.45, 7) is 0. The lowest BCUT2D eigenvalue weighted by Crippen LogP contribution is -2.32. The number of nitrogens with zero attached hydrogens (tertiary/aromatic N) is 3. The first-order valence-electron chi connectivity index (χ1n) is 7.41. The number of hydrogen-bond acceptors (Lipinski definition) is 6. The Morgan fingerprint density at radius 1 is 1.00 bits per heavy atom. The van der Waals surface area contributed by atoms with Crippen LogP contribution in [0.5, 0.6) is 0 Å². The van der Waals surface area contributed by atoms with Gasteiger partial charge < -0.3 is 0 Å². The van der Waals surface area contributed by atoms with Crippen LogP contribution in [0.1, 0.15) is 5.56 Å². The molecule has 26 heavy (non-hydrogen) atoms. The van der Waals surface area contributed by atoms with Gasteiger partial charge in [-0.1, -0.05) is 65.4 Å². The Balaban J connectivity index is 1.55. The fourth-order valence-electron chi connectivity index (χ4n) is 1.89. The van der Waals surface area contributed by atoms with Gasteiger partial charge in [0, 0.05) is 10.6 Å². The second kappa shape index (κ2) is 8.32. The van der Waals surface area contributed by atoms with Crippen LogP contribution in [0.2, 0.25) is 5.02 Å². The zero-order valence-electron chi connectivity index (χ0n) is 13.2. The van der Waals surface area contributed by atoms with Crippen molar-refractivity contribution in [1.82, 2.24) is 15.6 Å². The number of aromatic nitrogens is 2. The molecule has 130 valence electrons. The van der Waals surface area contributed by atoms with E-state index in [9.17, 15) is 9.59 Å². The first-order chi connectivity index (χ1) is 12.6. The molecule has 0 saturated carbocycles.